The number of hydrogen-bond donors (Lipinski definition) is 4. The summed E-state index contributed by atoms with van der Waals surface area (Å²) in [6, 6.07) is 16.9. The lowest BCUT2D eigenvalue weighted by atomic mass is 10.1. The zero-order valence-corrected chi connectivity index (χ0v) is 17.2. The van der Waals surface area contributed by atoms with Crippen LogP contribution >= 0.6 is 0 Å². The predicted molar refractivity (Wildman–Crippen MR) is 117 cm³/mol. The number of carbonyl (C=O) groups is 2. The van der Waals surface area contributed by atoms with Gasteiger partial charge in [0.2, 0.25) is 5.88 Å². The summed E-state index contributed by atoms with van der Waals surface area (Å²) in [7, 11) is 0. The molecule has 1 aromatic heterocycles. The number of nitrogens with zero attached hydrogens (tertiary/aromatic N) is 2. The Balaban J connectivity index is 0.000000291. The Morgan fingerprint density at radius 3 is 2.35 bits per heavy atom. The number of hydrogen-bond acceptors (Lipinski definition) is 6. The first-order valence-corrected chi connectivity index (χ1v) is 9.95. The van der Waals surface area contributed by atoms with E-state index in [2.05, 4.69) is 5.10 Å². The summed E-state index contributed by atoms with van der Waals surface area (Å²) in [5.41, 5.74) is 12.5. The molecule has 1 heterocycles. The van der Waals surface area contributed by atoms with E-state index in [-0.39, 0.29) is 0 Å². The molecule has 0 aliphatic carbocycles. The van der Waals surface area contributed by atoms with Gasteiger partial charge in [-0.1, -0.05) is 48.9 Å². The molecular formula is C22H28N4O5. The average molecular weight is 428 g/mol. The Morgan fingerprint density at radius 1 is 1.03 bits per heavy atom. The highest BCUT2D eigenvalue weighted by atomic mass is 16.5. The standard InChI is InChI=1S/C16H14N2O3.C6H14N2O2/c19-15(20)11-21-16-13-8-4-5-9-14(13)18(17-16)10-12-6-2-1-3-7-12;7-4-2-1-3-5(8)6(9)10/h1-9H,10-11H2,(H,19,20);5H,1-4,7-8H2,(H,9,10). The lowest BCUT2D eigenvalue weighted by Gasteiger charge is -2.03. The van der Waals surface area contributed by atoms with E-state index in [0.29, 0.717) is 25.4 Å². The minimum atomic E-state index is -1.02. The highest BCUT2D eigenvalue weighted by Gasteiger charge is 2.12. The maximum absolute atomic E-state index is 10.6. The zero-order valence-electron chi connectivity index (χ0n) is 17.2. The molecule has 1 unspecified atom stereocenters. The van der Waals surface area contributed by atoms with Gasteiger partial charge in [-0.2, -0.15) is 0 Å². The number of benzene rings is 2. The topological polar surface area (TPSA) is 154 Å². The van der Waals surface area contributed by atoms with E-state index < -0.39 is 24.6 Å². The first-order chi connectivity index (χ1) is 14.9. The van der Waals surface area contributed by atoms with E-state index in [4.69, 9.17) is 26.4 Å². The molecule has 1 atom stereocenters. The number of ether oxygens (including phenoxy) is 1. The average Bonchev–Trinajstić information content (AvgIpc) is 3.11. The maximum Gasteiger partial charge on any atom is 0.341 e. The van der Waals surface area contributed by atoms with Gasteiger partial charge in [0.15, 0.2) is 6.61 Å². The lowest BCUT2D eigenvalue weighted by Crippen LogP contribution is -2.29. The first-order valence-electron chi connectivity index (χ1n) is 9.95. The molecular weight excluding hydrogens is 400 g/mol. The van der Waals surface area contributed by atoms with Crippen LogP contribution in [0.5, 0.6) is 5.88 Å². The molecule has 0 bridgehead atoms. The van der Waals surface area contributed by atoms with E-state index in [1.807, 2.05) is 59.3 Å². The van der Waals surface area contributed by atoms with E-state index in [9.17, 15) is 9.59 Å². The van der Waals surface area contributed by atoms with Crippen LogP contribution in [0.15, 0.2) is 54.6 Å². The Hall–Kier alpha value is -3.43. The van der Waals surface area contributed by atoms with E-state index >= 15 is 0 Å². The third-order valence-corrected chi connectivity index (χ3v) is 4.42. The third kappa shape index (κ3) is 7.72. The Labute approximate surface area is 180 Å². The lowest BCUT2D eigenvalue weighted by molar-refractivity contribution is -0.140. The van der Waals surface area contributed by atoms with Crippen LogP contribution in [-0.4, -0.2) is 51.1 Å². The third-order valence-electron chi connectivity index (χ3n) is 4.42. The molecule has 0 amide bonds. The van der Waals surface area contributed by atoms with Crippen molar-refractivity contribution in [1.82, 2.24) is 9.78 Å². The van der Waals surface area contributed by atoms with Crippen molar-refractivity contribution < 1.29 is 24.5 Å². The van der Waals surface area contributed by atoms with Crippen molar-refractivity contribution in [3.05, 3.63) is 60.2 Å². The fourth-order valence-corrected chi connectivity index (χ4v) is 2.84. The van der Waals surface area contributed by atoms with Crippen molar-refractivity contribution in [3.8, 4) is 5.88 Å². The van der Waals surface area contributed by atoms with Crippen LogP contribution in [0.1, 0.15) is 24.8 Å². The SMILES string of the molecule is NCCCCC(N)C(=O)O.O=C(O)COc1nn(Cc2ccccc2)c2ccccc12. The highest BCUT2D eigenvalue weighted by Crippen LogP contribution is 2.25. The van der Waals surface area contributed by atoms with E-state index in [1.165, 1.54) is 0 Å². The minimum absolute atomic E-state index is 0.351. The van der Waals surface area contributed by atoms with Crippen LogP contribution in [0, 0.1) is 0 Å². The Morgan fingerprint density at radius 2 is 1.71 bits per heavy atom. The Kier molecular flexibility index (Phi) is 9.47. The van der Waals surface area contributed by atoms with Crippen LogP contribution in [0.4, 0.5) is 0 Å². The first kappa shape index (κ1) is 23.8. The van der Waals surface area contributed by atoms with Crippen LogP contribution in [0.25, 0.3) is 10.9 Å². The summed E-state index contributed by atoms with van der Waals surface area (Å²) in [5.74, 6) is -1.60. The van der Waals surface area contributed by atoms with Crippen LogP contribution < -0.4 is 16.2 Å². The summed E-state index contributed by atoms with van der Waals surface area (Å²) in [4.78, 5) is 20.8. The molecule has 2 aromatic carbocycles. The van der Waals surface area contributed by atoms with Crippen molar-refractivity contribution in [2.75, 3.05) is 13.2 Å². The summed E-state index contributed by atoms with van der Waals surface area (Å²) >= 11 is 0. The monoisotopic (exact) mass is 428 g/mol. The molecule has 0 aliphatic rings. The summed E-state index contributed by atoms with van der Waals surface area (Å²) < 4.78 is 7.09. The molecule has 9 heteroatoms. The summed E-state index contributed by atoms with van der Waals surface area (Å²) in [5, 5.41) is 22.3. The number of para-hydroxylation sites is 1. The van der Waals surface area contributed by atoms with Crippen LogP contribution in [0.3, 0.4) is 0 Å². The van der Waals surface area contributed by atoms with Crippen molar-refractivity contribution in [2.24, 2.45) is 11.5 Å². The van der Waals surface area contributed by atoms with Gasteiger partial charge < -0.3 is 26.4 Å². The number of aliphatic carboxylic acids is 2. The van der Waals surface area contributed by atoms with E-state index in [1.54, 1.807) is 0 Å². The van der Waals surface area contributed by atoms with Crippen LogP contribution in [0.2, 0.25) is 0 Å². The van der Waals surface area contributed by atoms with Gasteiger partial charge in [0, 0.05) is 0 Å². The number of carboxylic acids is 2. The normalized spacial score (nSPS) is 11.4. The molecule has 0 fully saturated rings. The van der Waals surface area contributed by atoms with Gasteiger partial charge >= 0.3 is 11.9 Å². The van der Waals surface area contributed by atoms with Gasteiger partial charge in [-0.25, -0.2) is 4.79 Å². The van der Waals surface area contributed by atoms with Crippen LogP contribution in [-0.2, 0) is 16.1 Å². The summed E-state index contributed by atoms with van der Waals surface area (Å²) in [6.45, 7) is 0.816. The van der Waals surface area contributed by atoms with Crippen molar-refractivity contribution in [1.29, 1.82) is 0 Å². The minimum Gasteiger partial charge on any atom is -0.480 e. The molecule has 3 rings (SSSR count). The number of rotatable bonds is 10. The second kappa shape index (κ2) is 12.3. The van der Waals surface area contributed by atoms with E-state index in [0.717, 1.165) is 29.3 Å². The molecule has 9 nitrogen and oxygen atoms in total. The smallest absolute Gasteiger partial charge is 0.341 e. The van der Waals surface area contributed by atoms with Gasteiger partial charge in [-0.15, -0.1) is 5.10 Å². The number of unbranched alkanes of at least 4 members (excludes halogenated alkanes) is 1. The molecule has 31 heavy (non-hydrogen) atoms. The number of fused-ring (bicyclic) bond motifs is 1. The fourth-order valence-electron chi connectivity index (χ4n) is 2.84. The second-order valence-electron chi connectivity index (χ2n) is 6.88. The second-order valence-corrected chi connectivity index (χ2v) is 6.88. The molecule has 166 valence electrons. The van der Waals surface area contributed by atoms with Crippen molar-refractivity contribution >= 4 is 22.8 Å². The highest BCUT2D eigenvalue weighted by molar-refractivity contribution is 5.85. The van der Waals surface area contributed by atoms with Gasteiger partial charge in [-0.3, -0.25) is 9.48 Å². The molecule has 0 spiro atoms. The molecule has 0 aliphatic heterocycles. The van der Waals surface area contributed by atoms with Gasteiger partial charge in [0.1, 0.15) is 6.04 Å². The number of aromatic nitrogens is 2. The Bertz CT molecular complexity index is 974. The maximum atomic E-state index is 10.6. The molecule has 0 saturated carbocycles. The molecule has 0 radical (unpaired) electrons. The number of nitrogens with two attached hydrogens (primary N) is 2. The van der Waals surface area contributed by atoms with Gasteiger partial charge in [-0.05, 0) is 37.1 Å². The zero-order chi connectivity index (χ0) is 22.6. The predicted octanol–water partition coefficient (Wildman–Crippen LogP) is 2.08. The molecule has 6 N–H and O–H groups in total. The van der Waals surface area contributed by atoms with Crippen molar-refractivity contribution in [2.45, 2.75) is 31.8 Å². The summed E-state index contributed by atoms with van der Waals surface area (Å²) in [6.07, 6.45) is 2.16. The molecule has 3 aromatic rings. The fraction of sp³-hybridized carbons (Fsp3) is 0.318. The largest absolute Gasteiger partial charge is 0.480 e. The van der Waals surface area contributed by atoms with Gasteiger partial charge in [0.25, 0.3) is 0 Å². The van der Waals surface area contributed by atoms with Gasteiger partial charge in [0.05, 0.1) is 17.4 Å². The number of carboxylic acid groups (broad SMARTS) is 2. The quantitative estimate of drug-likeness (QED) is 0.358. The molecule has 0 saturated heterocycles. The van der Waals surface area contributed by atoms with Crippen molar-refractivity contribution in [3.63, 3.8) is 0 Å².